The quantitative estimate of drug-likeness (QED) is 0.600. The second kappa shape index (κ2) is 2.77. The Balaban J connectivity index is 2.88. The van der Waals surface area contributed by atoms with E-state index in [1.807, 2.05) is 0 Å². The molecule has 1 aromatic rings. The molecule has 0 saturated carbocycles. The molecule has 0 amide bonds. The molecule has 4 heteroatoms. The molecule has 0 aliphatic heterocycles. The molecule has 1 rings (SSSR count). The summed E-state index contributed by atoms with van der Waals surface area (Å²) in [6, 6.07) is 0. The Labute approximate surface area is 56.8 Å². The van der Waals surface area contributed by atoms with Crippen LogP contribution in [0.25, 0.3) is 0 Å². The van der Waals surface area contributed by atoms with E-state index in [2.05, 4.69) is 9.97 Å². The highest BCUT2D eigenvalue weighted by Gasteiger charge is 1.91. The molecule has 0 N–H and O–H groups in total. The standard InChI is InChI=1S/C5H5FN2S/c1-4-7-2-5(9-6)3-8-4/h2-3H,1H3. The first kappa shape index (κ1) is 6.48. The van der Waals surface area contributed by atoms with Crippen molar-refractivity contribution in [3.63, 3.8) is 0 Å². The largest absolute Gasteiger partial charge is 0.240 e. The zero-order valence-electron chi connectivity index (χ0n) is 4.84. The Kier molecular flexibility index (Phi) is 2.00. The zero-order valence-corrected chi connectivity index (χ0v) is 5.65. The molecule has 0 bridgehead atoms. The number of aryl methyl sites for hydroxylation is 1. The molecule has 1 heterocycles. The third-order valence-electron chi connectivity index (χ3n) is 0.846. The second-order valence-electron chi connectivity index (χ2n) is 1.54. The van der Waals surface area contributed by atoms with E-state index in [0.29, 0.717) is 10.7 Å². The lowest BCUT2D eigenvalue weighted by molar-refractivity contribution is 0.920. The molecule has 9 heavy (non-hydrogen) atoms. The van der Waals surface area contributed by atoms with Gasteiger partial charge >= 0.3 is 0 Å². The number of nitrogens with zero attached hydrogens (tertiary/aromatic N) is 2. The van der Waals surface area contributed by atoms with Crippen LogP contribution in [0.1, 0.15) is 5.82 Å². The molecule has 0 aliphatic carbocycles. The summed E-state index contributed by atoms with van der Waals surface area (Å²) in [5, 5.41) is 0. The third-order valence-corrected chi connectivity index (χ3v) is 1.24. The van der Waals surface area contributed by atoms with Crippen molar-refractivity contribution in [2.45, 2.75) is 11.8 Å². The fraction of sp³-hybridized carbons (Fsp3) is 0.200. The number of halogens is 1. The predicted octanol–water partition coefficient (Wildman–Crippen LogP) is 1.76. The molecule has 0 unspecified atom stereocenters. The summed E-state index contributed by atoms with van der Waals surface area (Å²) in [5.74, 6) is 0.660. The molecule has 0 aromatic carbocycles. The predicted molar refractivity (Wildman–Crippen MR) is 33.7 cm³/mol. The maximum absolute atomic E-state index is 11.7. The van der Waals surface area contributed by atoms with E-state index in [4.69, 9.17) is 0 Å². The van der Waals surface area contributed by atoms with Gasteiger partial charge in [0.05, 0.1) is 17.0 Å². The van der Waals surface area contributed by atoms with Gasteiger partial charge in [0.1, 0.15) is 5.82 Å². The van der Waals surface area contributed by atoms with Gasteiger partial charge < -0.3 is 0 Å². The van der Waals surface area contributed by atoms with E-state index in [-0.39, 0.29) is 12.1 Å². The Morgan fingerprint density at radius 3 is 2.44 bits per heavy atom. The molecule has 48 valence electrons. The maximum Gasteiger partial charge on any atom is 0.125 e. The average molecular weight is 144 g/mol. The van der Waals surface area contributed by atoms with Gasteiger partial charge in [-0.05, 0) is 6.92 Å². The number of aromatic nitrogens is 2. The SMILES string of the molecule is Cc1ncc(SF)cn1. The highest BCUT2D eigenvalue weighted by molar-refractivity contribution is 7.94. The summed E-state index contributed by atoms with van der Waals surface area (Å²) in [7, 11) is 0. The van der Waals surface area contributed by atoms with Crippen molar-refractivity contribution in [3.05, 3.63) is 18.2 Å². The maximum atomic E-state index is 11.7. The lowest BCUT2D eigenvalue weighted by atomic mass is 10.6. The fourth-order valence-corrected chi connectivity index (χ4v) is 0.606. The minimum Gasteiger partial charge on any atom is -0.240 e. The molecule has 0 radical (unpaired) electrons. The number of hydrogen-bond donors (Lipinski definition) is 0. The smallest absolute Gasteiger partial charge is 0.125 e. The second-order valence-corrected chi connectivity index (χ2v) is 2.17. The van der Waals surface area contributed by atoms with Gasteiger partial charge in [-0.2, -0.15) is 3.89 Å². The molecule has 0 fully saturated rings. The Hall–Kier alpha value is -0.640. The van der Waals surface area contributed by atoms with Crippen LogP contribution in [-0.4, -0.2) is 9.97 Å². The van der Waals surface area contributed by atoms with Crippen molar-refractivity contribution in [3.8, 4) is 0 Å². The number of hydrogen-bond acceptors (Lipinski definition) is 3. The molecular weight excluding hydrogens is 139 g/mol. The first-order valence-corrected chi connectivity index (χ1v) is 3.12. The third kappa shape index (κ3) is 1.64. The van der Waals surface area contributed by atoms with Crippen LogP contribution in [0, 0.1) is 6.92 Å². The van der Waals surface area contributed by atoms with Crippen LogP contribution in [0.3, 0.4) is 0 Å². The molecule has 2 nitrogen and oxygen atoms in total. The van der Waals surface area contributed by atoms with Gasteiger partial charge in [-0.1, -0.05) is 0 Å². The molecule has 0 spiro atoms. The van der Waals surface area contributed by atoms with Crippen LogP contribution in [0.2, 0.25) is 0 Å². The van der Waals surface area contributed by atoms with Gasteiger partial charge in [-0.3, -0.25) is 0 Å². The molecule has 1 aromatic heterocycles. The summed E-state index contributed by atoms with van der Waals surface area (Å²) in [6.45, 7) is 1.76. The summed E-state index contributed by atoms with van der Waals surface area (Å²) in [6.07, 6.45) is 2.90. The van der Waals surface area contributed by atoms with E-state index < -0.39 is 0 Å². The van der Waals surface area contributed by atoms with E-state index in [0.717, 1.165) is 0 Å². The van der Waals surface area contributed by atoms with Crippen molar-refractivity contribution in [1.82, 2.24) is 9.97 Å². The van der Waals surface area contributed by atoms with E-state index >= 15 is 0 Å². The van der Waals surface area contributed by atoms with Crippen molar-refractivity contribution < 1.29 is 3.89 Å². The van der Waals surface area contributed by atoms with Crippen LogP contribution in [0.4, 0.5) is 3.89 Å². The van der Waals surface area contributed by atoms with E-state index in [1.54, 1.807) is 6.92 Å². The van der Waals surface area contributed by atoms with E-state index in [9.17, 15) is 3.89 Å². The topological polar surface area (TPSA) is 25.8 Å². The zero-order chi connectivity index (χ0) is 6.69. The van der Waals surface area contributed by atoms with Gasteiger partial charge in [0.15, 0.2) is 0 Å². The minimum absolute atomic E-state index is 0.152. The summed E-state index contributed by atoms with van der Waals surface area (Å²) >= 11 is 0.152. The molecule has 0 saturated heterocycles. The molecular formula is C5H5FN2S. The Morgan fingerprint density at radius 1 is 1.44 bits per heavy atom. The lowest BCUT2D eigenvalue weighted by Crippen LogP contribution is -1.83. The summed E-state index contributed by atoms with van der Waals surface area (Å²) in [5.41, 5.74) is 0. The average Bonchev–Trinajstić information content (AvgIpc) is 1.90. The highest BCUT2D eigenvalue weighted by atomic mass is 32.2. The van der Waals surface area contributed by atoms with Crippen LogP contribution in [0.15, 0.2) is 17.3 Å². The van der Waals surface area contributed by atoms with Crippen molar-refractivity contribution in [1.29, 1.82) is 0 Å². The Morgan fingerprint density at radius 2 is 2.00 bits per heavy atom. The minimum atomic E-state index is 0.152. The first-order chi connectivity index (χ1) is 4.33. The van der Waals surface area contributed by atoms with Gasteiger partial charge in [0.25, 0.3) is 0 Å². The monoisotopic (exact) mass is 144 g/mol. The first-order valence-electron chi connectivity index (χ1n) is 2.40. The van der Waals surface area contributed by atoms with Crippen LogP contribution in [0.5, 0.6) is 0 Å². The summed E-state index contributed by atoms with van der Waals surface area (Å²) < 4.78 is 11.7. The molecule has 0 atom stereocenters. The van der Waals surface area contributed by atoms with Crippen molar-refractivity contribution >= 4 is 12.1 Å². The van der Waals surface area contributed by atoms with Crippen molar-refractivity contribution in [2.24, 2.45) is 0 Å². The summed E-state index contributed by atoms with van der Waals surface area (Å²) in [4.78, 5) is 8.00. The Bertz CT molecular complexity index is 187. The lowest BCUT2D eigenvalue weighted by Gasteiger charge is -1.89. The molecule has 0 aliphatic rings. The van der Waals surface area contributed by atoms with Crippen LogP contribution < -0.4 is 0 Å². The van der Waals surface area contributed by atoms with E-state index in [1.165, 1.54) is 12.4 Å². The normalized spacial score (nSPS) is 9.56. The van der Waals surface area contributed by atoms with Gasteiger partial charge in [0.2, 0.25) is 0 Å². The van der Waals surface area contributed by atoms with Gasteiger partial charge in [0, 0.05) is 12.4 Å². The number of rotatable bonds is 1. The van der Waals surface area contributed by atoms with Gasteiger partial charge in [-0.25, -0.2) is 9.97 Å². The highest BCUT2D eigenvalue weighted by Crippen LogP contribution is 2.14. The van der Waals surface area contributed by atoms with Gasteiger partial charge in [-0.15, -0.1) is 0 Å². The van der Waals surface area contributed by atoms with Crippen molar-refractivity contribution in [2.75, 3.05) is 0 Å². The fourth-order valence-electron chi connectivity index (χ4n) is 0.421. The van der Waals surface area contributed by atoms with Crippen LogP contribution >= 0.6 is 12.1 Å². The van der Waals surface area contributed by atoms with Crippen LogP contribution in [-0.2, 0) is 0 Å².